The maximum Gasteiger partial charge on any atom is 0.0728 e. The monoisotopic (exact) mass is 266 g/mol. The summed E-state index contributed by atoms with van der Waals surface area (Å²) in [6, 6.07) is 15.0. The van der Waals surface area contributed by atoms with E-state index in [4.69, 9.17) is 0 Å². The van der Waals surface area contributed by atoms with Crippen LogP contribution < -0.4 is 0 Å². The van der Waals surface area contributed by atoms with Crippen molar-refractivity contribution in [2.75, 3.05) is 0 Å². The second-order valence-electron chi connectivity index (χ2n) is 6.75. The third kappa shape index (κ3) is 2.78. The molecule has 2 aromatic rings. The van der Waals surface area contributed by atoms with Gasteiger partial charge in [-0.1, -0.05) is 68.0 Å². The number of benzene rings is 2. The molecule has 2 aromatic carbocycles. The van der Waals surface area contributed by atoms with E-state index in [1.165, 1.54) is 21.9 Å². The van der Waals surface area contributed by atoms with Crippen molar-refractivity contribution in [2.24, 2.45) is 5.41 Å². The Labute approximate surface area is 120 Å². The highest BCUT2D eigenvalue weighted by Crippen LogP contribution is 2.37. The molecule has 0 saturated heterocycles. The van der Waals surface area contributed by atoms with Gasteiger partial charge in [0.05, 0.1) is 6.10 Å². The standard InChI is InChI=1S/C19H22O/c1-19(2)12-14(11-17(20)13-19)10-16-8-5-7-15-6-3-4-9-18(15)16/h3-9,11,17,20H,10,12-13H2,1-2H3. The molecule has 1 aliphatic rings. The highest BCUT2D eigenvalue weighted by molar-refractivity contribution is 5.85. The lowest BCUT2D eigenvalue weighted by molar-refractivity contribution is 0.138. The van der Waals surface area contributed by atoms with E-state index < -0.39 is 0 Å². The van der Waals surface area contributed by atoms with Crippen LogP contribution in [0.3, 0.4) is 0 Å². The second-order valence-corrected chi connectivity index (χ2v) is 6.75. The fourth-order valence-corrected chi connectivity index (χ4v) is 3.46. The van der Waals surface area contributed by atoms with Crippen molar-refractivity contribution >= 4 is 10.8 Å². The molecule has 104 valence electrons. The number of hydrogen-bond donors (Lipinski definition) is 1. The molecule has 0 spiro atoms. The maximum absolute atomic E-state index is 10.0. The summed E-state index contributed by atoms with van der Waals surface area (Å²) in [5, 5.41) is 12.7. The summed E-state index contributed by atoms with van der Waals surface area (Å²) in [6.07, 6.45) is 4.66. The van der Waals surface area contributed by atoms with E-state index in [9.17, 15) is 5.11 Å². The molecule has 1 N–H and O–H groups in total. The maximum atomic E-state index is 10.0. The first-order valence-corrected chi connectivity index (χ1v) is 7.38. The number of aliphatic hydroxyl groups is 1. The number of aliphatic hydroxyl groups excluding tert-OH is 1. The summed E-state index contributed by atoms with van der Waals surface area (Å²) in [6.45, 7) is 4.48. The van der Waals surface area contributed by atoms with Crippen LogP contribution in [-0.2, 0) is 6.42 Å². The Hall–Kier alpha value is -1.60. The molecule has 0 aliphatic heterocycles. The third-order valence-electron chi connectivity index (χ3n) is 4.19. The smallest absolute Gasteiger partial charge is 0.0728 e. The Morgan fingerprint density at radius 2 is 1.85 bits per heavy atom. The van der Waals surface area contributed by atoms with Crippen molar-refractivity contribution in [3.63, 3.8) is 0 Å². The zero-order valence-corrected chi connectivity index (χ0v) is 12.3. The summed E-state index contributed by atoms with van der Waals surface area (Å²) < 4.78 is 0. The van der Waals surface area contributed by atoms with E-state index >= 15 is 0 Å². The molecule has 0 amide bonds. The van der Waals surface area contributed by atoms with Crippen molar-refractivity contribution in [3.05, 3.63) is 59.7 Å². The number of fused-ring (bicyclic) bond motifs is 1. The zero-order chi connectivity index (χ0) is 14.2. The molecule has 0 saturated carbocycles. The molecule has 3 rings (SSSR count). The van der Waals surface area contributed by atoms with Gasteiger partial charge in [0.15, 0.2) is 0 Å². The quantitative estimate of drug-likeness (QED) is 0.794. The van der Waals surface area contributed by atoms with Gasteiger partial charge in [-0.25, -0.2) is 0 Å². The lowest BCUT2D eigenvalue weighted by Gasteiger charge is -2.32. The highest BCUT2D eigenvalue weighted by Gasteiger charge is 2.27. The lowest BCUT2D eigenvalue weighted by Crippen LogP contribution is -2.25. The Morgan fingerprint density at radius 3 is 2.65 bits per heavy atom. The first kappa shape index (κ1) is 13.4. The molecule has 1 heteroatoms. The summed E-state index contributed by atoms with van der Waals surface area (Å²) in [7, 11) is 0. The van der Waals surface area contributed by atoms with Gasteiger partial charge in [-0.2, -0.15) is 0 Å². The van der Waals surface area contributed by atoms with E-state index in [1.54, 1.807) is 0 Å². The zero-order valence-electron chi connectivity index (χ0n) is 12.3. The third-order valence-corrected chi connectivity index (χ3v) is 4.19. The van der Waals surface area contributed by atoms with Gasteiger partial charge in [0.2, 0.25) is 0 Å². The molecule has 1 unspecified atom stereocenters. The van der Waals surface area contributed by atoms with Crippen LogP contribution in [-0.4, -0.2) is 11.2 Å². The molecule has 0 heterocycles. The van der Waals surface area contributed by atoms with Crippen molar-refractivity contribution in [1.82, 2.24) is 0 Å². The van der Waals surface area contributed by atoms with Gasteiger partial charge in [0.1, 0.15) is 0 Å². The molecule has 20 heavy (non-hydrogen) atoms. The molecular weight excluding hydrogens is 244 g/mol. The van der Waals surface area contributed by atoms with Crippen molar-refractivity contribution in [2.45, 2.75) is 39.2 Å². The number of rotatable bonds is 2. The normalized spacial score (nSPS) is 21.8. The van der Waals surface area contributed by atoms with Crippen LogP contribution in [0.5, 0.6) is 0 Å². The molecule has 1 nitrogen and oxygen atoms in total. The minimum atomic E-state index is -0.288. The minimum absolute atomic E-state index is 0.202. The predicted octanol–water partition coefficient (Wildman–Crippen LogP) is 4.49. The van der Waals surface area contributed by atoms with E-state index in [-0.39, 0.29) is 11.5 Å². The molecule has 1 aliphatic carbocycles. The van der Waals surface area contributed by atoms with E-state index in [0.29, 0.717) is 0 Å². The second kappa shape index (κ2) is 5.06. The average Bonchev–Trinajstić information content (AvgIpc) is 2.37. The highest BCUT2D eigenvalue weighted by atomic mass is 16.3. The van der Waals surface area contributed by atoms with E-state index in [2.05, 4.69) is 62.4 Å². The topological polar surface area (TPSA) is 20.2 Å². The van der Waals surface area contributed by atoms with Gasteiger partial charge < -0.3 is 5.11 Å². The molecule has 0 radical (unpaired) electrons. The fraction of sp³-hybridized carbons (Fsp3) is 0.368. The van der Waals surface area contributed by atoms with Crippen LogP contribution in [0, 0.1) is 5.41 Å². The Kier molecular flexibility index (Phi) is 3.39. The van der Waals surface area contributed by atoms with Crippen LogP contribution in [0.1, 0.15) is 32.3 Å². The molecule has 0 bridgehead atoms. The van der Waals surface area contributed by atoms with Crippen LogP contribution >= 0.6 is 0 Å². The van der Waals surface area contributed by atoms with E-state index in [1.807, 2.05) is 0 Å². The van der Waals surface area contributed by atoms with Gasteiger partial charge in [-0.3, -0.25) is 0 Å². The Bertz CT molecular complexity index is 646. The van der Waals surface area contributed by atoms with Crippen molar-refractivity contribution in [1.29, 1.82) is 0 Å². The van der Waals surface area contributed by atoms with Crippen LogP contribution in [0.2, 0.25) is 0 Å². The molecule has 0 fully saturated rings. The van der Waals surface area contributed by atoms with Crippen LogP contribution in [0.4, 0.5) is 0 Å². The van der Waals surface area contributed by atoms with Gasteiger partial charge >= 0.3 is 0 Å². The molecular formula is C19H22O. The van der Waals surface area contributed by atoms with Crippen LogP contribution in [0.25, 0.3) is 10.8 Å². The first-order valence-electron chi connectivity index (χ1n) is 7.38. The van der Waals surface area contributed by atoms with Crippen molar-refractivity contribution < 1.29 is 5.11 Å². The summed E-state index contributed by atoms with van der Waals surface area (Å²) >= 11 is 0. The first-order chi connectivity index (χ1) is 9.53. The lowest BCUT2D eigenvalue weighted by atomic mass is 9.75. The number of hydrogen-bond acceptors (Lipinski definition) is 1. The minimum Gasteiger partial charge on any atom is -0.389 e. The molecule has 0 aromatic heterocycles. The number of allylic oxidation sites excluding steroid dienone is 1. The molecule has 1 atom stereocenters. The Balaban J connectivity index is 1.94. The largest absolute Gasteiger partial charge is 0.389 e. The Morgan fingerprint density at radius 1 is 1.10 bits per heavy atom. The van der Waals surface area contributed by atoms with Gasteiger partial charge in [-0.15, -0.1) is 0 Å². The predicted molar refractivity (Wildman–Crippen MR) is 84.8 cm³/mol. The van der Waals surface area contributed by atoms with Gasteiger partial charge in [0.25, 0.3) is 0 Å². The fourth-order valence-electron chi connectivity index (χ4n) is 3.46. The summed E-state index contributed by atoms with van der Waals surface area (Å²) in [4.78, 5) is 0. The summed E-state index contributed by atoms with van der Waals surface area (Å²) in [5.74, 6) is 0. The average molecular weight is 266 g/mol. The van der Waals surface area contributed by atoms with Gasteiger partial charge in [0, 0.05) is 0 Å². The van der Waals surface area contributed by atoms with Crippen molar-refractivity contribution in [3.8, 4) is 0 Å². The summed E-state index contributed by atoms with van der Waals surface area (Å²) in [5.41, 5.74) is 2.93. The van der Waals surface area contributed by atoms with E-state index in [0.717, 1.165) is 19.3 Å². The SMILES string of the molecule is CC1(C)CC(Cc2cccc3ccccc23)=CC(O)C1. The van der Waals surface area contributed by atoms with Crippen LogP contribution in [0.15, 0.2) is 54.1 Å². The van der Waals surface area contributed by atoms with Gasteiger partial charge in [-0.05, 0) is 41.0 Å².